The second-order valence-electron chi connectivity index (χ2n) is 6.51. The number of carbonyl (C=O) groups excluding carboxylic acids is 2. The summed E-state index contributed by atoms with van der Waals surface area (Å²) in [6.07, 6.45) is 2.13. The summed E-state index contributed by atoms with van der Waals surface area (Å²) in [7, 11) is 0. The van der Waals surface area contributed by atoms with Crippen molar-refractivity contribution in [3.05, 3.63) is 23.5 Å². The van der Waals surface area contributed by atoms with E-state index in [0.29, 0.717) is 10.6 Å². The Bertz CT molecular complexity index is 861. The van der Waals surface area contributed by atoms with Crippen LogP contribution >= 0.6 is 11.3 Å². The van der Waals surface area contributed by atoms with Crippen molar-refractivity contribution in [1.29, 1.82) is 0 Å². The van der Waals surface area contributed by atoms with Crippen molar-refractivity contribution in [2.24, 2.45) is 0 Å². The average molecular weight is 409 g/mol. The summed E-state index contributed by atoms with van der Waals surface area (Å²) >= 11 is 1.13. The van der Waals surface area contributed by atoms with Gasteiger partial charge in [0.1, 0.15) is 16.3 Å². The van der Waals surface area contributed by atoms with Gasteiger partial charge in [0.05, 0.1) is 6.61 Å². The number of thiazole rings is 1. The van der Waals surface area contributed by atoms with Crippen LogP contribution in [0.4, 0.5) is 10.7 Å². The predicted molar refractivity (Wildman–Crippen MR) is 99.0 cm³/mol. The lowest BCUT2D eigenvalue weighted by molar-refractivity contribution is -0.140. The van der Waals surface area contributed by atoms with Crippen LogP contribution < -0.4 is 10.6 Å². The molecule has 1 unspecified atom stereocenters. The van der Waals surface area contributed by atoms with E-state index in [-0.39, 0.29) is 11.6 Å². The molecule has 150 valence electrons. The van der Waals surface area contributed by atoms with Gasteiger partial charge in [0.2, 0.25) is 5.95 Å². The normalized spacial score (nSPS) is 12.1. The van der Waals surface area contributed by atoms with Gasteiger partial charge in [-0.05, 0) is 20.8 Å². The van der Waals surface area contributed by atoms with Gasteiger partial charge < -0.3 is 20.3 Å². The number of ether oxygens (including phenoxy) is 1. The molecule has 11 nitrogen and oxygen atoms in total. The van der Waals surface area contributed by atoms with Gasteiger partial charge in [-0.2, -0.15) is 0 Å². The van der Waals surface area contributed by atoms with Crippen LogP contribution in [0.1, 0.15) is 31.3 Å². The summed E-state index contributed by atoms with van der Waals surface area (Å²) in [5.41, 5.74) is -0.163. The molecule has 2 rings (SSSR count). The maximum absolute atomic E-state index is 12.0. The number of carboxylic acids is 1. The molecule has 2 heterocycles. The molecule has 0 aromatic carbocycles. The van der Waals surface area contributed by atoms with Crippen molar-refractivity contribution < 1.29 is 29.3 Å². The SMILES string of the molecule is CC(C)(C)OC(=O)Nc1ncc(-c2nc(C(=O)NC(CO)C(=O)O)cs2)cn1. The van der Waals surface area contributed by atoms with Crippen LogP contribution in [0.3, 0.4) is 0 Å². The highest BCUT2D eigenvalue weighted by Crippen LogP contribution is 2.23. The van der Waals surface area contributed by atoms with Gasteiger partial charge in [-0.25, -0.2) is 24.5 Å². The number of rotatable bonds is 6. The minimum Gasteiger partial charge on any atom is -0.480 e. The molecule has 1 atom stereocenters. The number of aliphatic hydroxyl groups excluding tert-OH is 1. The van der Waals surface area contributed by atoms with Crippen molar-refractivity contribution in [2.45, 2.75) is 32.4 Å². The van der Waals surface area contributed by atoms with E-state index in [1.807, 2.05) is 0 Å². The molecule has 0 saturated heterocycles. The molecule has 12 heteroatoms. The standard InChI is InChI=1S/C16H19N5O6S/c1-16(2,3)27-15(26)21-14-17-4-8(5-18-14)12-20-10(7-28-12)11(23)19-9(6-22)13(24)25/h4-5,7,9,22H,6H2,1-3H3,(H,19,23)(H,24,25)(H,17,18,21,26). The first-order valence-corrected chi connectivity index (χ1v) is 8.89. The molecule has 0 aliphatic carbocycles. The molecule has 2 amide bonds. The fraction of sp³-hybridized carbons (Fsp3) is 0.375. The molecular formula is C16H19N5O6S. The van der Waals surface area contributed by atoms with Gasteiger partial charge in [0.25, 0.3) is 5.91 Å². The molecule has 0 aliphatic heterocycles. The summed E-state index contributed by atoms with van der Waals surface area (Å²) in [5.74, 6) is -2.04. The van der Waals surface area contributed by atoms with Crippen molar-refractivity contribution in [1.82, 2.24) is 20.3 Å². The van der Waals surface area contributed by atoms with Crippen molar-refractivity contribution in [3.63, 3.8) is 0 Å². The van der Waals surface area contributed by atoms with Crippen LogP contribution in [0.2, 0.25) is 0 Å². The number of anilines is 1. The zero-order valence-corrected chi connectivity index (χ0v) is 16.1. The number of aliphatic carboxylic acids is 1. The number of aliphatic hydroxyl groups is 1. The maximum Gasteiger partial charge on any atom is 0.414 e. The summed E-state index contributed by atoms with van der Waals surface area (Å²) in [6.45, 7) is 4.45. The molecule has 0 aliphatic rings. The Morgan fingerprint density at radius 1 is 1.25 bits per heavy atom. The first-order chi connectivity index (χ1) is 13.1. The third kappa shape index (κ3) is 5.96. The number of amides is 2. The minimum absolute atomic E-state index is 0.00402. The molecule has 0 radical (unpaired) electrons. The van der Waals surface area contributed by atoms with Crippen molar-refractivity contribution >= 4 is 35.3 Å². The smallest absolute Gasteiger partial charge is 0.414 e. The van der Waals surface area contributed by atoms with Gasteiger partial charge in [-0.1, -0.05) is 0 Å². The zero-order valence-electron chi connectivity index (χ0n) is 15.3. The number of carbonyl (C=O) groups is 3. The number of carboxylic acid groups (broad SMARTS) is 1. The van der Waals surface area contributed by atoms with Crippen molar-refractivity contribution in [2.75, 3.05) is 11.9 Å². The Balaban J connectivity index is 2.04. The average Bonchev–Trinajstić information content (AvgIpc) is 3.08. The number of hydrogen-bond acceptors (Lipinski definition) is 9. The monoisotopic (exact) mass is 409 g/mol. The fourth-order valence-electron chi connectivity index (χ4n) is 1.83. The molecule has 0 spiro atoms. The van der Waals surface area contributed by atoms with E-state index in [1.54, 1.807) is 20.8 Å². The molecule has 4 N–H and O–H groups in total. The largest absolute Gasteiger partial charge is 0.480 e. The number of hydrogen-bond donors (Lipinski definition) is 4. The fourth-order valence-corrected chi connectivity index (χ4v) is 2.60. The highest BCUT2D eigenvalue weighted by atomic mass is 32.1. The molecule has 0 bridgehead atoms. The maximum atomic E-state index is 12.0. The summed E-state index contributed by atoms with van der Waals surface area (Å²) < 4.78 is 5.10. The van der Waals surface area contributed by atoms with Gasteiger partial charge in [-0.3, -0.25) is 10.1 Å². The van der Waals surface area contributed by atoms with Gasteiger partial charge in [0, 0.05) is 23.3 Å². The number of nitrogens with zero attached hydrogens (tertiary/aromatic N) is 3. The molecule has 0 fully saturated rings. The molecule has 2 aromatic rings. The third-order valence-electron chi connectivity index (χ3n) is 3.03. The summed E-state index contributed by atoms with van der Waals surface area (Å²) in [5, 5.41) is 24.2. The second-order valence-corrected chi connectivity index (χ2v) is 7.37. The first kappa shape index (κ1) is 21.2. The van der Waals surface area contributed by atoms with Crippen LogP contribution in [-0.2, 0) is 9.53 Å². The molecule has 28 heavy (non-hydrogen) atoms. The van der Waals surface area contributed by atoms with Gasteiger partial charge in [-0.15, -0.1) is 11.3 Å². The van der Waals surface area contributed by atoms with E-state index in [4.69, 9.17) is 14.9 Å². The Kier molecular flexibility index (Phi) is 6.59. The van der Waals surface area contributed by atoms with E-state index >= 15 is 0 Å². The van der Waals surface area contributed by atoms with Crippen LogP contribution in [0.5, 0.6) is 0 Å². The highest BCUT2D eigenvalue weighted by molar-refractivity contribution is 7.13. The molecular weight excluding hydrogens is 390 g/mol. The van der Waals surface area contributed by atoms with E-state index in [1.165, 1.54) is 17.8 Å². The Hall–Kier alpha value is -3.12. The van der Waals surface area contributed by atoms with E-state index < -0.39 is 36.2 Å². The second kappa shape index (κ2) is 8.71. The number of aromatic nitrogens is 3. The van der Waals surface area contributed by atoms with Crippen molar-refractivity contribution in [3.8, 4) is 10.6 Å². The lowest BCUT2D eigenvalue weighted by Gasteiger charge is -2.19. The Labute approximate surface area is 163 Å². The van der Waals surface area contributed by atoms with E-state index in [0.717, 1.165) is 11.3 Å². The van der Waals surface area contributed by atoms with Gasteiger partial charge >= 0.3 is 12.1 Å². The Morgan fingerprint density at radius 3 is 2.43 bits per heavy atom. The lowest BCUT2D eigenvalue weighted by Crippen LogP contribution is -2.43. The quantitative estimate of drug-likeness (QED) is 0.547. The zero-order chi connectivity index (χ0) is 20.9. The highest BCUT2D eigenvalue weighted by Gasteiger charge is 2.21. The first-order valence-electron chi connectivity index (χ1n) is 8.01. The van der Waals surface area contributed by atoms with Crippen LogP contribution in [-0.4, -0.2) is 61.4 Å². The topological polar surface area (TPSA) is 164 Å². The summed E-state index contributed by atoms with van der Waals surface area (Å²) in [4.78, 5) is 46.7. The molecule has 0 saturated carbocycles. The van der Waals surface area contributed by atoms with E-state index in [2.05, 4.69) is 25.6 Å². The lowest BCUT2D eigenvalue weighted by atomic mass is 10.2. The van der Waals surface area contributed by atoms with Gasteiger partial charge in [0.15, 0.2) is 6.04 Å². The van der Waals surface area contributed by atoms with Crippen LogP contribution in [0.15, 0.2) is 17.8 Å². The predicted octanol–water partition coefficient (Wildman–Crippen LogP) is 1.12. The van der Waals surface area contributed by atoms with E-state index in [9.17, 15) is 14.4 Å². The minimum atomic E-state index is -1.42. The Morgan fingerprint density at radius 2 is 1.89 bits per heavy atom. The third-order valence-corrected chi connectivity index (χ3v) is 3.93. The number of nitrogens with one attached hydrogen (secondary N) is 2. The van der Waals surface area contributed by atoms with Crippen LogP contribution in [0.25, 0.3) is 10.6 Å². The van der Waals surface area contributed by atoms with Crippen LogP contribution in [0, 0.1) is 0 Å². The summed E-state index contributed by atoms with van der Waals surface area (Å²) in [6, 6.07) is -1.42. The molecule has 2 aromatic heterocycles.